The minimum Gasteiger partial charge on any atom is -0.494 e. The van der Waals surface area contributed by atoms with Crippen LogP contribution in [0.3, 0.4) is 0 Å². The van der Waals surface area contributed by atoms with Crippen molar-refractivity contribution >= 4 is 62.9 Å². The van der Waals surface area contributed by atoms with Crippen LogP contribution in [-0.4, -0.2) is 40.2 Å². The zero-order valence-corrected chi connectivity index (χ0v) is 16.8. The summed E-state index contributed by atoms with van der Waals surface area (Å²) in [6.07, 6.45) is 2.79. The summed E-state index contributed by atoms with van der Waals surface area (Å²) in [5.41, 5.74) is 0.600. The van der Waals surface area contributed by atoms with Crippen LogP contribution in [0.5, 0.6) is 5.75 Å². The number of aliphatic carboxylic acids is 1. The molecule has 0 radical (unpaired) electrons. The molecule has 9 nitrogen and oxygen atoms in total. The third kappa shape index (κ3) is 5.65. The van der Waals surface area contributed by atoms with Crippen LogP contribution in [0.4, 0.5) is 10.8 Å². The number of carboxylic acid groups (broad SMARTS) is 1. The molecule has 0 aliphatic carbocycles. The van der Waals surface area contributed by atoms with Crippen LogP contribution in [0.25, 0.3) is 6.08 Å². The van der Waals surface area contributed by atoms with Crippen molar-refractivity contribution in [3.05, 3.63) is 40.2 Å². The van der Waals surface area contributed by atoms with E-state index in [1.807, 2.05) is 12.1 Å². The Morgan fingerprint density at radius 2 is 2.14 bits per heavy atom. The molecule has 0 bridgehead atoms. The largest absolute Gasteiger partial charge is 0.494 e. The lowest BCUT2D eigenvalue weighted by molar-refractivity contribution is -0.138. The SMILES string of the molecule is COc1ccccc1N=C1NC(=O)C(=Cc2cnc(NC(=O)CCC(=O)O)s2)S1. The number of amidine groups is 1. The topological polar surface area (TPSA) is 130 Å². The first-order valence-corrected chi connectivity index (χ1v) is 9.98. The number of carbonyl (C=O) groups excluding carboxylic acids is 2. The minimum absolute atomic E-state index is 0.133. The van der Waals surface area contributed by atoms with Gasteiger partial charge >= 0.3 is 5.97 Å². The first kappa shape index (κ1) is 20.6. The third-order valence-electron chi connectivity index (χ3n) is 3.57. The first-order chi connectivity index (χ1) is 13.9. The Morgan fingerprint density at radius 3 is 2.90 bits per heavy atom. The number of ether oxygens (including phenoxy) is 1. The Bertz CT molecular complexity index is 1020. The van der Waals surface area contributed by atoms with Crippen molar-refractivity contribution in [1.29, 1.82) is 0 Å². The minimum atomic E-state index is -1.04. The van der Waals surface area contributed by atoms with Gasteiger partial charge in [0, 0.05) is 12.6 Å². The molecule has 29 heavy (non-hydrogen) atoms. The predicted molar refractivity (Wildman–Crippen MR) is 111 cm³/mol. The van der Waals surface area contributed by atoms with Gasteiger partial charge in [-0.05, 0) is 30.0 Å². The number of aromatic nitrogens is 1. The molecule has 11 heteroatoms. The Kier molecular flexibility index (Phi) is 6.62. The smallest absolute Gasteiger partial charge is 0.303 e. The van der Waals surface area contributed by atoms with Gasteiger partial charge < -0.3 is 20.5 Å². The highest BCUT2D eigenvalue weighted by atomic mass is 32.2. The van der Waals surface area contributed by atoms with E-state index in [4.69, 9.17) is 9.84 Å². The van der Waals surface area contributed by atoms with Crippen molar-refractivity contribution < 1.29 is 24.2 Å². The number of anilines is 1. The maximum absolute atomic E-state index is 12.2. The van der Waals surface area contributed by atoms with Crippen LogP contribution in [-0.2, 0) is 14.4 Å². The van der Waals surface area contributed by atoms with Crippen molar-refractivity contribution in [2.45, 2.75) is 12.8 Å². The summed E-state index contributed by atoms with van der Waals surface area (Å²) in [5.74, 6) is -1.16. The number of nitrogens with one attached hydrogen (secondary N) is 2. The number of aliphatic imine (C=N–C) groups is 1. The summed E-state index contributed by atoms with van der Waals surface area (Å²) in [7, 11) is 1.55. The molecule has 2 amide bonds. The average molecular weight is 432 g/mol. The molecule has 1 aliphatic heterocycles. The van der Waals surface area contributed by atoms with Gasteiger partial charge in [0.05, 0.1) is 23.3 Å². The molecule has 0 unspecified atom stereocenters. The molecular formula is C18H16N4O5S2. The normalized spacial score (nSPS) is 16.1. The molecule has 2 heterocycles. The molecule has 1 aromatic heterocycles. The number of thioether (sulfide) groups is 1. The number of amides is 2. The molecular weight excluding hydrogens is 416 g/mol. The van der Waals surface area contributed by atoms with Crippen molar-refractivity contribution in [3.8, 4) is 5.75 Å². The van der Waals surface area contributed by atoms with Crippen LogP contribution in [0.15, 0.2) is 40.4 Å². The third-order valence-corrected chi connectivity index (χ3v) is 5.34. The Balaban J connectivity index is 1.68. The Labute approximate surface area is 173 Å². The van der Waals surface area contributed by atoms with Gasteiger partial charge in [-0.15, -0.1) is 0 Å². The number of hydrogen-bond acceptors (Lipinski definition) is 8. The second kappa shape index (κ2) is 9.34. The van der Waals surface area contributed by atoms with Crippen LogP contribution >= 0.6 is 23.1 Å². The Morgan fingerprint density at radius 1 is 1.34 bits per heavy atom. The predicted octanol–water partition coefficient (Wildman–Crippen LogP) is 2.85. The molecule has 1 aliphatic rings. The summed E-state index contributed by atoms with van der Waals surface area (Å²) in [6.45, 7) is 0. The molecule has 1 aromatic carbocycles. The van der Waals surface area contributed by atoms with Gasteiger partial charge in [0.25, 0.3) is 5.91 Å². The summed E-state index contributed by atoms with van der Waals surface area (Å²) in [5, 5.41) is 14.6. The van der Waals surface area contributed by atoms with Crippen molar-refractivity contribution in [2.24, 2.45) is 4.99 Å². The fraction of sp³-hybridized carbons (Fsp3) is 0.167. The molecule has 150 valence electrons. The van der Waals surface area contributed by atoms with Gasteiger partial charge in [-0.3, -0.25) is 14.4 Å². The van der Waals surface area contributed by atoms with E-state index in [0.717, 1.165) is 0 Å². The maximum atomic E-state index is 12.2. The molecule has 3 rings (SSSR count). The highest BCUT2D eigenvalue weighted by molar-refractivity contribution is 8.18. The number of carbonyl (C=O) groups is 3. The number of hydrogen-bond donors (Lipinski definition) is 3. The van der Waals surface area contributed by atoms with Crippen LogP contribution in [0, 0.1) is 0 Å². The summed E-state index contributed by atoms with van der Waals surface area (Å²) in [4.78, 5) is 44.0. The van der Waals surface area contributed by atoms with Gasteiger partial charge in [0.15, 0.2) is 10.3 Å². The van der Waals surface area contributed by atoms with E-state index in [0.29, 0.717) is 31.5 Å². The van der Waals surface area contributed by atoms with E-state index in [2.05, 4.69) is 20.6 Å². The van der Waals surface area contributed by atoms with E-state index < -0.39 is 11.9 Å². The second-order valence-corrected chi connectivity index (χ2v) is 7.76. The van der Waals surface area contributed by atoms with E-state index in [-0.39, 0.29) is 18.7 Å². The first-order valence-electron chi connectivity index (χ1n) is 8.34. The molecule has 1 saturated heterocycles. The zero-order valence-electron chi connectivity index (χ0n) is 15.2. The molecule has 3 N–H and O–H groups in total. The van der Waals surface area contributed by atoms with E-state index in [1.165, 1.54) is 29.3 Å². The molecule has 2 aromatic rings. The number of benzene rings is 1. The van der Waals surface area contributed by atoms with Crippen LogP contribution < -0.4 is 15.4 Å². The van der Waals surface area contributed by atoms with Gasteiger partial charge in [0.2, 0.25) is 5.91 Å². The van der Waals surface area contributed by atoms with Gasteiger partial charge in [-0.1, -0.05) is 23.5 Å². The summed E-state index contributed by atoms with van der Waals surface area (Å²) in [6, 6.07) is 7.21. The van der Waals surface area contributed by atoms with Gasteiger partial charge in [0.1, 0.15) is 11.4 Å². The highest BCUT2D eigenvalue weighted by Gasteiger charge is 2.24. The second-order valence-electron chi connectivity index (χ2n) is 5.66. The van der Waals surface area contributed by atoms with Crippen molar-refractivity contribution in [3.63, 3.8) is 0 Å². The number of para-hydroxylation sites is 2. The van der Waals surface area contributed by atoms with Crippen molar-refractivity contribution in [1.82, 2.24) is 10.3 Å². The quantitative estimate of drug-likeness (QED) is 0.574. The number of nitrogens with zero attached hydrogens (tertiary/aromatic N) is 2. The lowest BCUT2D eigenvalue weighted by atomic mass is 10.3. The fourth-order valence-electron chi connectivity index (χ4n) is 2.25. The number of rotatable bonds is 7. The molecule has 0 spiro atoms. The molecule has 0 atom stereocenters. The van der Waals surface area contributed by atoms with Gasteiger partial charge in [-0.2, -0.15) is 0 Å². The lowest BCUT2D eigenvalue weighted by Gasteiger charge is -2.03. The number of carboxylic acids is 1. The maximum Gasteiger partial charge on any atom is 0.303 e. The van der Waals surface area contributed by atoms with E-state index >= 15 is 0 Å². The van der Waals surface area contributed by atoms with E-state index in [9.17, 15) is 14.4 Å². The fourth-order valence-corrected chi connectivity index (χ4v) is 3.93. The van der Waals surface area contributed by atoms with Gasteiger partial charge in [-0.25, -0.2) is 9.98 Å². The highest BCUT2D eigenvalue weighted by Crippen LogP contribution is 2.32. The van der Waals surface area contributed by atoms with Crippen LogP contribution in [0.1, 0.15) is 17.7 Å². The number of methoxy groups -OCH3 is 1. The standard InChI is InChI=1S/C18H16N4O5S2/c1-27-12-5-3-2-4-11(12)20-18-22-16(26)13(29-18)8-10-9-19-17(28-10)21-14(23)6-7-15(24)25/h2-5,8-9H,6-7H2,1H3,(H,24,25)(H,19,21,23)(H,20,22,26). The van der Waals surface area contributed by atoms with Crippen molar-refractivity contribution in [2.75, 3.05) is 12.4 Å². The number of thiazole rings is 1. The summed E-state index contributed by atoms with van der Waals surface area (Å²) >= 11 is 2.36. The summed E-state index contributed by atoms with van der Waals surface area (Å²) < 4.78 is 5.25. The lowest BCUT2D eigenvalue weighted by Crippen LogP contribution is -2.19. The average Bonchev–Trinajstić information content (AvgIpc) is 3.27. The zero-order chi connectivity index (χ0) is 20.8. The monoisotopic (exact) mass is 432 g/mol. The van der Waals surface area contributed by atoms with E-state index in [1.54, 1.807) is 25.3 Å². The van der Waals surface area contributed by atoms with Crippen LogP contribution in [0.2, 0.25) is 0 Å². The Hall–Kier alpha value is -3.18. The molecule has 0 saturated carbocycles. The molecule has 1 fully saturated rings.